The molecule has 2 aromatic rings. The van der Waals surface area contributed by atoms with Crippen molar-refractivity contribution in [3.8, 4) is 0 Å². The van der Waals surface area contributed by atoms with Crippen molar-refractivity contribution in [1.82, 2.24) is 4.98 Å². The van der Waals surface area contributed by atoms with Gasteiger partial charge < -0.3 is 4.90 Å². The molecule has 108 valence electrons. The highest BCUT2D eigenvalue weighted by Gasteiger charge is 2.31. The number of hydrogen-bond donors (Lipinski definition) is 0. The highest BCUT2D eigenvalue weighted by atomic mass is 35.5. The van der Waals surface area contributed by atoms with Crippen molar-refractivity contribution in [1.29, 1.82) is 0 Å². The van der Waals surface area contributed by atoms with Crippen molar-refractivity contribution in [2.75, 3.05) is 11.4 Å². The van der Waals surface area contributed by atoms with Crippen LogP contribution in [-0.4, -0.2) is 11.5 Å². The summed E-state index contributed by atoms with van der Waals surface area (Å²) in [6, 6.07) is 7.80. The van der Waals surface area contributed by atoms with Crippen molar-refractivity contribution in [2.45, 2.75) is 6.18 Å². The zero-order chi connectivity index (χ0) is 15.0. The number of halogens is 4. The van der Waals surface area contributed by atoms with Gasteiger partial charge in [-0.1, -0.05) is 23.8 Å². The molecule has 21 heavy (non-hydrogen) atoms. The molecular formula is C15H10ClF3N2. The van der Waals surface area contributed by atoms with Crippen LogP contribution in [0.3, 0.4) is 0 Å². The van der Waals surface area contributed by atoms with Gasteiger partial charge in [-0.2, -0.15) is 13.2 Å². The molecular weight excluding hydrogens is 301 g/mol. The van der Waals surface area contributed by atoms with Gasteiger partial charge in [0.15, 0.2) is 0 Å². The van der Waals surface area contributed by atoms with E-state index in [2.05, 4.69) is 4.98 Å². The third-order valence-corrected chi connectivity index (χ3v) is 3.45. The predicted molar refractivity (Wildman–Crippen MR) is 76.7 cm³/mol. The van der Waals surface area contributed by atoms with Gasteiger partial charge in [0.25, 0.3) is 0 Å². The number of rotatable bonds is 1. The topological polar surface area (TPSA) is 16.1 Å². The average molecular weight is 311 g/mol. The molecule has 1 aliphatic heterocycles. The summed E-state index contributed by atoms with van der Waals surface area (Å²) >= 11 is 5.95. The Morgan fingerprint density at radius 3 is 2.62 bits per heavy atom. The molecule has 0 radical (unpaired) electrons. The van der Waals surface area contributed by atoms with Crippen molar-refractivity contribution in [3.63, 3.8) is 0 Å². The molecule has 2 heterocycles. The summed E-state index contributed by atoms with van der Waals surface area (Å²) in [6.45, 7) is 0.549. The molecule has 6 heteroatoms. The van der Waals surface area contributed by atoms with Gasteiger partial charge in [-0.3, -0.25) is 0 Å². The van der Waals surface area contributed by atoms with Crippen LogP contribution in [0.25, 0.3) is 6.08 Å². The number of benzene rings is 1. The van der Waals surface area contributed by atoms with Gasteiger partial charge in [-0.25, -0.2) is 4.98 Å². The van der Waals surface area contributed by atoms with Crippen molar-refractivity contribution < 1.29 is 13.2 Å². The molecule has 3 rings (SSSR count). The van der Waals surface area contributed by atoms with Gasteiger partial charge in [-0.15, -0.1) is 0 Å². The van der Waals surface area contributed by atoms with E-state index in [0.717, 1.165) is 23.5 Å². The molecule has 1 aromatic carbocycles. The summed E-state index contributed by atoms with van der Waals surface area (Å²) in [5.41, 5.74) is 1.03. The highest BCUT2D eigenvalue weighted by Crippen LogP contribution is 2.34. The summed E-state index contributed by atoms with van der Waals surface area (Å²) in [5, 5.41) is 0.612. The first-order valence-corrected chi connectivity index (χ1v) is 6.60. The van der Waals surface area contributed by atoms with E-state index in [-0.39, 0.29) is 0 Å². The molecule has 0 amide bonds. The van der Waals surface area contributed by atoms with Crippen LogP contribution in [-0.2, 0) is 6.18 Å². The van der Waals surface area contributed by atoms with E-state index >= 15 is 0 Å². The van der Waals surface area contributed by atoms with Crippen LogP contribution in [0.5, 0.6) is 0 Å². The zero-order valence-corrected chi connectivity index (χ0v) is 11.5. The number of aromatic nitrogens is 1. The van der Waals surface area contributed by atoms with Crippen LogP contribution in [0.15, 0.2) is 42.6 Å². The first-order valence-electron chi connectivity index (χ1n) is 6.22. The Labute approximate surface area is 124 Å². The second-order valence-corrected chi connectivity index (χ2v) is 5.06. The Balaban J connectivity index is 1.97. The van der Waals surface area contributed by atoms with Crippen LogP contribution in [0, 0.1) is 0 Å². The van der Waals surface area contributed by atoms with Crippen LogP contribution >= 0.6 is 11.6 Å². The number of hydrogen-bond acceptors (Lipinski definition) is 2. The maximum atomic E-state index is 12.6. The largest absolute Gasteiger partial charge is 0.417 e. The number of pyridine rings is 1. The molecule has 1 aliphatic rings. The lowest BCUT2D eigenvalue weighted by Crippen LogP contribution is -2.21. The summed E-state index contributed by atoms with van der Waals surface area (Å²) in [4.78, 5) is 5.77. The Morgan fingerprint density at radius 2 is 1.95 bits per heavy atom. The molecule has 0 N–H and O–H groups in total. The van der Waals surface area contributed by atoms with Crippen molar-refractivity contribution >= 4 is 29.2 Å². The lowest BCUT2D eigenvalue weighted by molar-refractivity contribution is -0.137. The first-order chi connectivity index (χ1) is 9.95. The van der Waals surface area contributed by atoms with Gasteiger partial charge in [0, 0.05) is 17.8 Å². The van der Waals surface area contributed by atoms with Gasteiger partial charge in [0.1, 0.15) is 5.82 Å². The molecule has 2 nitrogen and oxygen atoms in total. The molecule has 0 saturated heterocycles. The molecule has 0 atom stereocenters. The van der Waals surface area contributed by atoms with Gasteiger partial charge in [-0.05, 0) is 35.9 Å². The molecule has 0 aliphatic carbocycles. The van der Waals surface area contributed by atoms with E-state index in [1.165, 1.54) is 6.07 Å². The molecule has 0 unspecified atom stereocenters. The maximum Gasteiger partial charge on any atom is 0.417 e. The second kappa shape index (κ2) is 5.07. The Bertz CT molecular complexity index is 693. The van der Waals surface area contributed by atoms with E-state index < -0.39 is 11.7 Å². The first kappa shape index (κ1) is 13.9. The second-order valence-electron chi connectivity index (χ2n) is 4.62. The van der Waals surface area contributed by atoms with E-state index in [9.17, 15) is 13.2 Å². The number of fused-ring (bicyclic) bond motifs is 1. The van der Waals surface area contributed by atoms with Gasteiger partial charge in [0.05, 0.1) is 11.3 Å². The van der Waals surface area contributed by atoms with Crippen LogP contribution in [0.4, 0.5) is 24.7 Å². The van der Waals surface area contributed by atoms with Crippen molar-refractivity contribution in [3.05, 3.63) is 58.8 Å². The normalized spacial score (nSPS) is 14.2. The number of anilines is 2. The lowest BCUT2D eigenvalue weighted by atomic mass is 10.1. The monoisotopic (exact) mass is 310 g/mol. The van der Waals surface area contributed by atoms with E-state index in [1.54, 1.807) is 6.07 Å². The fraction of sp³-hybridized carbons (Fsp3) is 0.133. The smallest absolute Gasteiger partial charge is 0.322 e. The minimum atomic E-state index is -4.38. The van der Waals surface area contributed by atoms with Crippen LogP contribution < -0.4 is 4.90 Å². The molecule has 0 bridgehead atoms. The highest BCUT2D eigenvalue weighted by molar-refractivity contribution is 6.30. The third-order valence-electron chi connectivity index (χ3n) is 3.22. The molecule has 0 fully saturated rings. The SMILES string of the molecule is FC(F)(F)c1ccc(N2CC=Cc3cc(Cl)ccc32)nc1. The Morgan fingerprint density at radius 1 is 1.14 bits per heavy atom. The fourth-order valence-corrected chi connectivity index (χ4v) is 2.40. The molecule has 0 spiro atoms. The summed E-state index contributed by atoms with van der Waals surface area (Å²) < 4.78 is 37.7. The van der Waals surface area contributed by atoms with Crippen molar-refractivity contribution in [2.24, 2.45) is 0 Å². The molecule has 1 aromatic heterocycles. The minimum Gasteiger partial charge on any atom is -0.322 e. The minimum absolute atomic E-state index is 0.468. The summed E-state index contributed by atoms with van der Waals surface area (Å²) in [7, 11) is 0. The number of alkyl halides is 3. The third kappa shape index (κ3) is 2.74. The van der Waals surface area contributed by atoms with Crippen LogP contribution in [0.1, 0.15) is 11.1 Å². The van der Waals surface area contributed by atoms with Gasteiger partial charge >= 0.3 is 6.18 Å². The zero-order valence-electron chi connectivity index (χ0n) is 10.7. The number of nitrogens with zero attached hydrogens (tertiary/aromatic N) is 2. The molecule has 0 saturated carbocycles. The lowest BCUT2D eigenvalue weighted by Gasteiger charge is -2.27. The predicted octanol–water partition coefficient (Wildman–Crippen LogP) is 4.92. The van der Waals surface area contributed by atoms with Crippen LogP contribution in [0.2, 0.25) is 5.02 Å². The Kier molecular flexibility index (Phi) is 3.37. The summed E-state index contributed by atoms with van der Waals surface area (Å²) in [5.74, 6) is 0.468. The quantitative estimate of drug-likeness (QED) is 0.743. The van der Waals surface area contributed by atoms with E-state index in [4.69, 9.17) is 11.6 Å². The average Bonchev–Trinajstić information content (AvgIpc) is 2.45. The van der Waals surface area contributed by atoms with E-state index in [1.807, 2.05) is 29.2 Å². The standard InChI is InChI=1S/C15H10ClF3N2/c16-12-4-5-13-10(8-12)2-1-7-21(13)14-6-3-11(9-20-14)15(17,18)19/h1-6,8-9H,7H2. The van der Waals surface area contributed by atoms with E-state index in [0.29, 0.717) is 17.4 Å². The van der Waals surface area contributed by atoms with Gasteiger partial charge in [0.2, 0.25) is 0 Å². The maximum absolute atomic E-state index is 12.6. The summed E-state index contributed by atoms with van der Waals surface area (Å²) in [6.07, 6.45) is 0.321. The Hall–Kier alpha value is -2.01. The fourth-order valence-electron chi connectivity index (χ4n) is 2.22.